The first kappa shape index (κ1) is 25.7. The number of amides is 1. The van der Waals surface area contributed by atoms with Gasteiger partial charge in [0.2, 0.25) is 5.91 Å². The topological polar surface area (TPSA) is 94.2 Å². The molecule has 11 heteroatoms. The number of para-hydroxylation sites is 1. The van der Waals surface area contributed by atoms with Gasteiger partial charge in [0.15, 0.2) is 11.5 Å². The van der Waals surface area contributed by atoms with Gasteiger partial charge in [0.1, 0.15) is 12.3 Å². The number of nitrogens with zero attached hydrogens (tertiary/aromatic N) is 1. The summed E-state index contributed by atoms with van der Waals surface area (Å²) >= 11 is 9.53. The van der Waals surface area contributed by atoms with Crippen LogP contribution in [0.5, 0.6) is 17.2 Å². The summed E-state index contributed by atoms with van der Waals surface area (Å²) in [6, 6.07) is 15.7. The van der Waals surface area contributed by atoms with Gasteiger partial charge in [0.25, 0.3) is 10.0 Å². The Kier molecular flexibility index (Phi) is 8.29. The second-order valence-corrected chi connectivity index (χ2v) is 10.0. The molecule has 1 N–H and O–H groups in total. The smallest absolute Gasteiger partial charge is 0.265 e. The molecule has 0 radical (unpaired) electrons. The van der Waals surface area contributed by atoms with Crippen LogP contribution < -0.4 is 23.8 Å². The molecule has 3 rings (SSSR count). The summed E-state index contributed by atoms with van der Waals surface area (Å²) in [6.45, 7) is -0.547. The number of methoxy groups -OCH3 is 3. The van der Waals surface area contributed by atoms with Crippen LogP contribution in [-0.4, -0.2) is 42.2 Å². The normalized spacial score (nSPS) is 11.0. The van der Waals surface area contributed by atoms with E-state index in [0.29, 0.717) is 15.9 Å². The SMILES string of the molecule is COc1ccc(S(=O)(=O)N(CC(=O)Nc2ccccc2Br)c2cc(Cl)ccc2OC)cc1OC. The van der Waals surface area contributed by atoms with Gasteiger partial charge < -0.3 is 19.5 Å². The molecule has 1 amide bonds. The maximum absolute atomic E-state index is 13.8. The van der Waals surface area contributed by atoms with Gasteiger partial charge in [-0.15, -0.1) is 0 Å². The van der Waals surface area contributed by atoms with Crippen LogP contribution >= 0.6 is 27.5 Å². The summed E-state index contributed by atoms with van der Waals surface area (Å²) in [5.41, 5.74) is 0.598. The van der Waals surface area contributed by atoms with Crippen molar-refractivity contribution in [1.82, 2.24) is 0 Å². The third-order valence-electron chi connectivity index (χ3n) is 4.79. The molecule has 3 aromatic carbocycles. The zero-order chi connectivity index (χ0) is 24.9. The van der Waals surface area contributed by atoms with E-state index in [1.165, 1.54) is 51.7 Å². The summed E-state index contributed by atoms with van der Waals surface area (Å²) in [5.74, 6) is 0.236. The first-order valence-electron chi connectivity index (χ1n) is 9.84. The molecule has 0 spiro atoms. The number of sulfonamides is 1. The molecule has 0 heterocycles. The van der Waals surface area contributed by atoms with Gasteiger partial charge in [-0.2, -0.15) is 0 Å². The van der Waals surface area contributed by atoms with Gasteiger partial charge in [-0.3, -0.25) is 9.10 Å². The number of carbonyl (C=O) groups is 1. The number of hydrogen-bond donors (Lipinski definition) is 1. The predicted molar refractivity (Wildman–Crippen MR) is 135 cm³/mol. The van der Waals surface area contributed by atoms with E-state index in [2.05, 4.69) is 21.2 Å². The van der Waals surface area contributed by atoms with Crippen molar-refractivity contribution < 1.29 is 27.4 Å². The van der Waals surface area contributed by atoms with Gasteiger partial charge in [-0.1, -0.05) is 23.7 Å². The van der Waals surface area contributed by atoms with Crippen molar-refractivity contribution in [2.24, 2.45) is 0 Å². The minimum absolute atomic E-state index is 0.104. The molecule has 0 saturated carbocycles. The summed E-state index contributed by atoms with van der Waals surface area (Å²) in [4.78, 5) is 12.9. The molecule has 34 heavy (non-hydrogen) atoms. The van der Waals surface area contributed by atoms with Crippen LogP contribution in [-0.2, 0) is 14.8 Å². The third kappa shape index (κ3) is 5.57. The van der Waals surface area contributed by atoms with Crippen LogP contribution in [0.25, 0.3) is 0 Å². The zero-order valence-corrected chi connectivity index (χ0v) is 21.7. The second-order valence-electron chi connectivity index (χ2n) is 6.87. The lowest BCUT2D eigenvalue weighted by atomic mass is 10.3. The number of rotatable bonds is 9. The van der Waals surface area contributed by atoms with Crippen molar-refractivity contribution in [3.05, 3.63) is 70.2 Å². The second kappa shape index (κ2) is 11.0. The molecule has 8 nitrogen and oxygen atoms in total. The fourth-order valence-electron chi connectivity index (χ4n) is 3.14. The van der Waals surface area contributed by atoms with Crippen molar-refractivity contribution in [2.45, 2.75) is 4.90 Å². The van der Waals surface area contributed by atoms with Gasteiger partial charge in [0.05, 0.1) is 37.6 Å². The fourth-order valence-corrected chi connectivity index (χ4v) is 5.13. The van der Waals surface area contributed by atoms with E-state index in [1.807, 2.05) is 0 Å². The molecule has 0 atom stereocenters. The van der Waals surface area contributed by atoms with Crippen molar-refractivity contribution in [3.63, 3.8) is 0 Å². The lowest BCUT2D eigenvalue weighted by Crippen LogP contribution is -2.38. The number of benzene rings is 3. The lowest BCUT2D eigenvalue weighted by Gasteiger charge is -2.26. The van der Waals surface area contributed by atoms with E-state index < -0.39 is 22.5 Å². The highest BCUT2D eigenvalue weighted by Crippen LogP contribution is 2.37. The molecular weight excluding hydrogens is 548 g/mol. The number of anilines is 2. The highest BCUT2D eigenvalue weighted by atomic mass is 79.9. The molecule has 0 aromatic heterocycles. The van der Waals surface area contributed by atoms with E-state index >= 15 is 0 Å². The standard InChI is InChI=1S/C23H22BrClN2O6S/c1-31-20-10-8-15(25)12-19(20)27(14-23(28)26-18-7-5-4-6-17(18)24)34(29,30)16-9-11-21(32-2)22(13-16)33-3/h4-13H,14H2,1-3H3,(H,26,28). The molecule has 0 aliphatic heterocycles. The Labute approximate surface area is 211 Å². The summed E-state index contributed by atoms with van der Waals surface area (Å²) in [5, 5.41) is 2.99. The Balaban J connectivity index is 2.09. The lowest BCUT2D eigenvalue weighted by molar-refractivity contribution is -0.114. The van der Waals surface area contributed by atoms with Crippen molar-refractivity contribution in [1.29, 1.82) is 0 Å². The Morgan fingerprint density at radius 1 is 0.941 bits per heavy atom. The average Bonchev–Trinajstić information content (AvgIpc) is 2.83. The molecule has 180 valence electrons. The van der Waals surface area contributed by atoms with Crippen molar-refractivity contribution >= 4 is 54.8 Å². The molecule has 0 saturated heterocycles. The molecule has 0 aliphatic rings. The van der Waals surface area contributed by atoms with Gasteiger partial charge >= 0.3 is 0 Å². The van der Waals surface area contributed by atoms with E-state index in [9.17, 15) is 13.2 Å². The monoisotopic (exact) mass is 568 g/mol. The third-order valence-corrected chi connectivity index (χ3v) is 7.47. The largest absolute Gasteiger partial charge is 0.495 e. The summed E-state index contributed by atoms with van der Waals surface area (Å²) in [6.07, 6.45) is 0. The van der Waals surface area contributed by atoms with Crippen LogP contribution in [0.15, 0.2) is 70.0 Å². The number of ether oxygens (including phenoxy) is 3. The van der Waals surface area contributed by atoms with E-state index in [1.54, 1.807) is 30.3 Å². The summed E-state index contributed by atoms with van der Waals surface area (Å²) in [7, 11) is -0.0284. The van der Waals surface area contributed by atoms with Crippen LogP contribution in [0.4, 0.5) is 11.4 Å². The minimum atomic E-state index is -4.27. The van der Waals surface area contributed by atoms with Crippen LogP contribution in [0, 0.1) is 0 Å². The molecule has 0 fully saturated rings. The predicted octanol–water partition coefficient (Wildman–Crippen LogP) is 4.96. The number of nitrogens with one attached hydrogen (secondary N) is 1. The van der Waals surface area contributed by atoms with Gasteiger partial charge in [-0.05, 0) is 58.4 Å². The number of hydrogen-bond acceptors (Lipinski definition) is 6. The van der Waals surface area contributed by atoms with Crippen LogP contribution in [0.1, 0.15) is 0 Å². The maximum Gasteiger partial charge on any atom is 0.265 e. The molecule has 0 bridgehead atoms. The first-order valence-corrected chi connectivity index (χ1v) is 12.4. The molecule has 0 aliphatic carbocycles. The van der Waals surface area contributed by atoms with Gasteiger partial charge in [0, 0.05) is 15.6 Å². The van der Waals surface area contributed by atoms with Crippen LogP contribution in [0.2, 0.25) is 5.02 Å². The Morgan fingerprint density at radius 2 is 1.59 bits per heavy atom. The first-order chi connectivity index (χ1) is 16.2. The van der Waals surface area contributed by atoms with Crippen molar-refractivity contribution in [3.8, 4) is 17.2 Å². The molecular formula is C23H22BrClN2O6S. The Morgan fingerprint density at radius 3 is 2.24 bits per heavy atom. The van der Waals surface area contributed by atoms with E-state index in [0.717, 1.165) is 4.31 Å². The van der Waals surface area contributed by atoms with Crippen molar-refractivity contribution in [2.75, 3.05) is 37.5 Å². The quantitative estimate of drug-likeness (QED) is 0.391. The number of carbonyl (C=O) groups excluding carboxylic acids is 1. The highest BCUT2D eigenvalue weighted by Gasteiger charge is 2.31. The number of halogens is 2. The van der Waals surface area contributed by atoms with E-state index in [4.69, 9.17) is 25.8 Å². The summed E-state index contributed by atoms with van der Waals surface area (Å²) < 4.78 is 45.0. The average molecular weight is 570 g/mol. The van der Waals surface area contributed by atoms with Crippen LogP contribution in [0.3, 0.4) is 0 Å². The zero-order valence-electron chi connectivity index (χ0n) is 18.5. The molecule has 0 unspecified atom stereocenters. The Hall–Kier alpha value is -2.95. The van der Waals surface area contributed by atoms with E-state index in [-0.39, 0.29) is 27.1 Å². The fraction of sp³-hybridized carbons (Fsp3) is 0.174. The Bertz CT molecular complexity index is 1300. The van der Waals surface area contributed by atoms with Gasteiger partial charge in [-0.25, -0.2) is 8.42 Å². The highest BCUT2D eigenvalue weighted by molar-refractivity contribution is 9.10. The maximum atomic E-state index is 13.8. The minimum Gasteiger partial charge on any atom is -0.495 e. The molecule has 3 aromatic rings.